The van der Waals surface area contributed by atoms with Crippen molar-refractivity contribution in [2.24, 2.45) is 0 Å². The summed E-state index contributed by atoms with van der Waals surface area (Å²) >= 11 is 0. The van der Waals surface area contributed by atoms with Gasteiger partial charge < -0.3 is 14.1 Å². The van der Waals surface area contributed by atoms with E-state index in [4.69, 9.17) is 9.40 Å². The van der Waals surface area contributed by atoms with Gasteiger partial charge in [-0.15, -0.1) is 0 Å². The van der Waals surface area contributed by atoms with Crippen molar-refractivity contribution in [3.8, 4) is 11.1 Å². The van der Waals surface area contributed by atoms with E-state index in [1.54, 1.807) is 0 Å². The van der Waals surface area contributed by atoms with E-state index in [0.717, 1.165) is 18.4 Å². The van der Waals surface area contributed by atoms with E-state index in [1.807, 2.05) is 60.7 Å². The van der Waals surface area contributed by atoms with Crippen molar-refractivity contribution in [2.75, 3.05) is 0 Å². The molecule has 0 saturated heterocycles. The highest BCUT2D eigenvalue weighted by atomic mass is 16.4. The van der Waals surface area contributed by atoms with Crippen LogP contribution < -0.4 is 5.63 Å². The van der Waals surface area contributed by atoms with Crippen molar-refractivity contribution in [3.63, 3.8) is 0 Å². The Morgan fingerprint density at radius 1 is 1.00 bits per heavy atom. The number of nitrogens with zero attached hydrogens (tertiary/aromatic N) is 2. The van der Waals surface area contributed by atoms with E-state index in [9.17, 15) is 14.7 Å². The maximum atomic E-state index is 13.0. The van der Waals surface area contributed by atoms with Crippen LogP contribution in [0.15, 0.2) is 93.2 Å². The van der Waals surface area contributed by atoms with Gasteiger partial charge in [0.05, 0.1) is 22.1 Å². The van der Waals surface area contributed by atoms with Crippen LogP contribution in [0.2, 0.25) is 0 Å². The molecule has 0 aliphatic heterocycles. The number of hydrogen-bond acceptors (Lipinski definition) is 4. The van der Waals surface area contributed by atoms with Gasteiger partial charge in [0.2, 0.25) is 0 Å². The van der Waals surface area contributed by atoms with Crippen molar-refractivity contribution in [3.05, 3.63) is 99.9 Å². The van der Waals surface area contributed by atoms with Gasteiger partial charge in [0.15, 0.2) is 5.58 Å². The first-order valence-electron chi connectivity index (χ1n) is 12.3. The molecule has 0 spiro atoms. The molecule has 0 saturated carbocycles. The molecule has 0 radical (unpaired) electrons. The monoisotopic (exact) mass is 492 g/mol. The van der Waals surface area contributed by atoms with Crippen LogP contribution in [-0.4, -0.2) is 20.6 Å². The van der Waals surface area contributed by atoms with Gasteiger partial charge in [0, 0.05) is 11.9 Å². The van der Waals surface area contributed by atoms with Crippen molar-refractivity contribution < 1.29 is 14.3 Å². The lowest BCUT2D eigenvalue weighted by Crippen LogP contribution is -2.07. The average Bonchev–Trinajstić information content (AvgIpc) is 3.20. The molecule has 0 amide bonds. The number of rotatable bonds is 7. The van der Waals surface area contributed by atoms with Crippen molar-refractivity contribution in [2.45, 2.75) is 40.2 Å². The number of allylic oxidation sites excluding steroid dienone is 4. The topological polar surface area (TPSA) is 85.3 Å². The van der Waals surface area contributed by atoms with Gasteiger partial charge in [0.1, 0.15) is 11.1 Å². The molecule has 0 aliphatic rings. The molecule has 5 aromatic rings. The van der Waals surface area contributed by atoms with E-state index >= 15 is 0 Å². The van der Waals surface area contributed by atoms with Gasteiger partial charge in [-0.25, -0.2) is 14.6 Å². The van der Waals surface area contributed by atoms with Crippen LogP contribution in [0.5, 0.6) is 0 Å². The van der Waals surface area contributed by atoms with Crippen LogP contribution in [0.1, 0.15) is 44.0 Å². The summed E-state index contributed by atoms with van der Waals surface area (Å²) in [5.41, 5.74) is 5.44. The number of carboxylic acids is 1. The first-order valence-corrected chi connectivity index (χ1v) is 12.3. The summed E-state index contributed by atoms with van der Waals surface area (Å²) in [7, 11) is 0. The summed E-state index contributed by atoms with van der Waals surface area (Å²) in [6.45, 7) is 6.84. The summed E-state index contributed by atoms with van der Waals surface area (Å²) in [5.74, 6) is -1.19. The Hall–Kier alpha value is -4.45. The minimum atomic E-state index is -1.19. The largest absolute Gasteiger partial charge is 0.477 e. The average molecular weight is 493 g/mol. The number of hydrogen-bond donors (Lipinski definition) is 1. The standard InChI is InChI=1S/C31H28N2O4/c1-19(2)10-9-11-20(3)16-17-33-24-15-8-7-14-23(24)32-28-25(33)18-22-26(21-12-5-4-6-13-21)31(36)37-29(22)27(28)30(34)35/h4-8,10,12-16,18H,9,11,17H2,1-3H3,(H,34,35). The first-order chi connectivity index (χ1) is 17.8. The normalized spacial score (nSPS) is 11.9. The zero-order valence-corrected chi connectivity index (χ0v) is 21.1. The quantitative estimate of drug-likeness (QED) is 0.190. The van der Waals surface area contributed by atoms with Crippen LogP contribution in [-0.2, 0) is 6.54 Å². The summed E-state index contributed by atoms with van der Waals surface area (Å²) in [4.78, 5) is 30.2. The molecular formula is C31H28N2O4. The number of aromatic nitrogens is 2. The summed E-state index contributed by atoms with van der Waals surface area (Å²) in [5, 5.41) is 10.7. The Bertz CT molecular complexity index is 1770. The van der Waals surface area contributed by atoms with Crippen molar-refractivity contribution in [1.82, 2.24) is 9.55 Å². The molecule has 3 aromatic carbocycles. The van der Waals surface area contributed by atoms with Crippen molar-refractivity contribution in [1.29, 1.82) is 0 Å². The third-order valence-corrected chi connectivity index (χ3v) is 6.59. The second kappa shape index (κ2) is 9.90. The van der Waals surface area contributed by atoms with Gasteiger partial charge in [-0.05, 0) is 57.4 Å². The lowest BCUT2D eigenvalue weighted by molar-refractivity contribution is 0.0699. The lowest BCUT2D eigenvalue weighted by Gasteiger charge is -2.15. The van der Waals surface area contributed by atoms with Crippen LogP contribution in [0.25, 0.3) is 44.2 Å². The fourth-order valence-corrected chi connectivity index (χ4v) is 4.75. The molecule has 1 N–H and O–H groups in total. The van der Waals surface area contributed by atoms with Gasteiger partial charge in [-0.3, -0.25) is 0 Å². The van der Waals surface area contributed by atoms with Crippen LogP contribution in [0.3, 0.4) is 0 Å². The second-order valence-corrected chi connectivity index (χ2v) is 9.51. The van der Waals surface area contributed by atoms with Crippen LogP contribution >= 0.6 is 0 Å². The second-order valence-electron chi connectivity index (χ2n) is 9.51. The van der Waals surface area contributed by atoms with E-state index in [-0.39, 0.29) is 11.1 Å². The number of furan rings is 1. The molecule has 0 fully saturated rings. The fraction of sp³-hybridized carbons (Fsp3) is 0.194. The maximum Gasteiger partial charge on any atom is 0.344 e. The third kappa shape index (κ3) is 4.58. The molecule has 0 bridgehead atoms. The molecular weight excluding hydrogens is 464 g/mol. The minimum absolute atomic E-state index is 0.0478. The summed E-state index contributed by atoms with van der Waals surface area (Å²) in [6, 6.07) is 18.7. The Labute approximate surface area is 214 Å². The number of carboxylic acid groups (broad SMARTS) is 1. The predicted octanol–water partition coefficient (Wildman–Crippen LogP) is 7.35. The lowest BCUT2D eigenvalue weighted by atomic mass is 10.0. The predicted molar refractivity (Wildman–Crippen MR) is 148 cm³/mol. The number of para-hydroxylation sites is 2. The molecule has 37 heavy (non-hydrogen) atoms. The molecule has 2 heterocycles. The Kier molecular flexibility index (Phi) is 6.49. The molecule has 0 aliphatic carbocycles. The van der Waals surface area contributed by atoms with Gasteiger partial charge in [-0.1, -0.05) is 65.8 Å². The Morgan fingerprint density at radius 3 is 2.46 bits per heavy atom. The summed E-state index contributed by atoms with van der Waals surface area (Å²) in [6.07, 6.45) is 6.30. The number of fused-ring (bicyclic) bond motifs is 3. The zero-order chi connectivity index (χ0) is 26.1. The van der Waals surface area contributed by atoms with Crippen molar-refractivity contribution >= 4 is 39.0 Å². The van der Waals surface area contributed by atoms with E-state index in [0.29, 0.717) is 39.6 Å². The highest BCUT2D eigenvalue weighted by Crippen LogP contribution is 2.35. The maximum absolute atomic E-state index is 13.0. The van der Waals surface area contributed by atoms with E-state index < -0.39 is 11.6 Å². The molecule has 186 valence electrons. The third-order valence-electron chi connectivity index (χ3n) is 6.59. The SMILES string of the molecule is CC(C)=CCCC(C)=CCn1c2ccccc2nc2c(C(=O)O)c3oc(=O)c(-c4ccccc4)c3cc21. The van der Waals surface area contributed by atoms with Crippen LogP contribution in [0, 0.1) is 0 Å². The van der Waals surface area contributed by atoms with Crippen LogP contribution in [0.4, 0.5) is 0 Å². The molecule has 2 aromatic heterocycles. The smallest absolute Gasteiger partial charge is 0.344 e. The molecule has 0 unspecified atom stereocenters. The highest BCUT2D eigenvalue weighted by Gasteiger charge is 2.25. The first kappa shape index (κ1) is 24.3. The van der Waals surface area contributed by atoms with E-state index in [2.05, 4.69) is 37.5 Å². The summed E-state index contributed by atoms with van der Waals surface area (Å²) < 4.78 is 7.63. The molecule has 6 nitrogen and oxygen atoms in total. The molecule has 6 heteroatoms. The zero-order valence-electron chi connectivity index (χ0n) is 21.1. The van der Waals surface area contributed by atoms with Gasteiger partial charge >= 0.3 is 11.6 Å². The van der Waals surface area contributed by atoms with Gasteiger partial charge in [-0.2, -0.15) is 0 Å². The number of benzene rings is 3. The fourth-order valence-electron chi connectivity index (χ4n) is 4.75. The Balaban J connectivity index is 1.80. The number of aromatic carboxylic acids is 1. The molecule has 5 rings (SSSR count). The minimum Gasteiger partial charge on any atom is -0.477 e. The molecule has 0 atom stereocenters. The Morgan fingerprint density at radius 2 is 1.73 bits per heavy atom. The van der Waals surface area contributed by atoms with E-state index in [1.165, 1.54) is 11.1 Å². The highest BCUT2D eigenvalue weighted by molar-refractivity contribution is 6.16. The van der Waals surface area contributed by atoms with Gasteiger partial charge in [0.25, 0.3) is 0 Å². The number of carbonyl (C=O) groups is 1.